The molecule has 0 bridgehead atoms. The zero-order valence-electron chi connectivity index (χ0n) is 20.9. The lowest BCUT2D eigenvalue weighted by molar-refractivity contribution is -0.120. The molecule has 2 N–H and O–H groups in total. The van der Waals surface area contributed by atoms with E-state index in [1.165, 1.54) is 18.4 Å². The molecule has 0 saturated heterocycles. The van der Waals surface area contributed by atoms with Gasteiger partial charge < -0.3 is 10.1 Å². The minimum absolute atomic E-state index is 0.0421. The molecule has 2 aromatic carbocycles. The molecule has 1 aromatic heterocycles. The van der Waals surface area contributed by atoms with Gasteiger partial charge in [0, 0.05) is 30.6 Å². The number of sulfonamides is 1. The fourth-order valence-corrected chi connectivity index (χ4v) is 6.50. The van der Waals surface area contributed by atoms with Crippen LogP contribution in [0.3, 0.4) is 0 Å². The second-order valence-electron chi connectivity index (χ2n) is 9.08. The zero-order valence-corrected chi connectivity index (χ0v) is 22.6. The van der Waals surface area contributed by atoms with Gasteiger partial charge in [0.25, 0.3) is 0 Å². The first-order valence-electron chi connectivity index (χ1n) is 12.1. The standard InChI is InChI=1S/C26H29N5O4S2/c1-16(2)35-23-11-10-17(14-18(23)15-27)25-29-30-26(36-25)21-8-4-7-20-19(21)6-5-9-22(20)31-37(33,34)13-12-24(32)28-3/h4,7-8,10-11,14,16,22,31H,5-6,9,12-13H2,1-3H3,(H,28,32)/t22-/m0/s1. The SMILES string of the molecule is CNC(=O)CCS(=O)(=O)N[C@H]1CCCc2c(-c3nnc(-c4ccc(OC(C)C)c(C#N)c4)s3)cccc21. The van der Waals surface area contributed by atoms with Gasteiger partial charge in [-0.15, -0.1) is 10.2 Å². The van der Waals surface area contributed by atoms with Crippen molar-refractivity contribution >= 4 is 27.3 Å². The summed E-state index contributed by atoms with van der Waals surface area (Å²) in [6.07, 6.45) is 2.17. The van der Waals surface area contributed by atoms with Gasteiger partial charge in [-0.3, -0.25) is 4.79 Å². The molecule has 0 fully saturated rings. The van der Waals surface area contributed by atoms with Gasteiger partial charge >= 0.3 is 0 Å². The Morgan fingerprint density at radius 1 is 1.24 bits per heavy atom. The van der Waals surface area contributed by atoms with Crippen LogP contribution >= 0.6 is 11.3 Å². The van der Waals surface area contributed by atoms with Gasteiger partial charge in [-0.25, -0.2) is 13.1 Å². The minimum Gasteiger partial charge on any atom is -0.490 e. The third-order valence-electron chi connectivity index (χ3n) is 6.07. The molecule has 194 valence electrons. The van der Waals surface area contributed by atoms with Crippen LogP contribution in [0.25, 0.3) is 21.1 Å². The van der Waals surface area contributed by atoms with E-state index in [1.54, 1.807) is 12.1 Å². The van der Waals surface area contributed by atoms with E-state index in [1.807, 2.05) is 38.1 Å². The van der Waals surface area contributed by atoms with Crippen LogP contribution in [0.15, 0.2) is 36.4 Å². The lowest BCUT2D eigenvalue weighted by Gasteiger charge is -2.27. The average Bonchev–Trinajstić information content (AvgIpc) is 3.37. The predicted molar refractivity (Wildman–Crippen MR) is 143 cm³/mol. The van der Waals surface area contributed by atoms with E-state index in [4.69, 9.17) is 4.74 Å². The number of fused-ring (bicyclic) bond motifs is 1. The largest absolute Gasteiger partial charge is 0.490 e. The summed E-state index contributed by atoms with van der Waals surface area (Å²) in [6, 6.07) is 13.0. The maximum atomic E-state index is 12.6. The van der Waals surface area contributed by atoms with Crippen molar-refractivity contribution in [3.8, 4) is 33.0 Å². The van der Waals surface area contributed by atoms with Crippen LogP contribution in [0.1, 0.15) is 55.8 Å². The van der Waals surface area contributed by atoms with Crippen LogP contribution in [0.2, 0.25) is 0 Å². The first kappa shape index (κ1) is 26.7. The smallest absolute Gasteiger partial charge is 0.220 e. The number of ether oxygens (including phenoxy) is 1. The fourth-order valence-electron chi connectivity index (χ4n) is 4.35. The highest BCUT2D eigenvalue weighted by atomic mass is 32.2. The highest BCUT2D eigenvalue weighted by molar-refractivity contribution is 7.89. The molecule has 0 saturated carbocycles. The Morgan fingerprint density at radius 3 is 2.76 bits per heavy atom. The fraction of sp³-hybridized carbons (Fsp3) is 0.385. The van der Waals surface area contributed by atoms with Gasteiger partial charge in [0.1, 0.15) is 21.8 Å². The number of nitriles is 1. The van der Waals surface area contributed by atoms with E-state index < -0.39 is 10.0 Å². The normalized spacial score (nSPS) is 15.2. The highest BCUT2D eigenvalue weighted by Gasteiger charge is 2.27. The quantitative estimate of drug-likeness (QED) is 0.420. The van der Waals surface area contributed by atoms with E-state index in [2.05, 4.69) is 26.3 Å². The van der Waals surface area contributed by atoms with Crippen molar-refractivity contribution in [2.75, 3.05) is 12.8 Å². The van der Waals surface area contributed by atoms with Crippen LogP contribution in [0.5, 0.6) is 5.75 Å². The number of nitrogens with one attached hydrogen (secondary N) is 2. The number of benzene rings is 2. The van der Waals surface area contributed by atoms with Crippen molar-refractivity contribution in [3.63, 3.8) is 0 Å². The van der Waals surface area contributed by atoms with E-state index in [9.17, 15) is 18.5 Å². The molecule has 1 atom stereocenters. The second-order valence-corrected chi connectivity index (χ2v) is 11.9. The molecular formula is C26H29N5O4S2. The maximum absolute atomic E-state index is 12.6. The van der Waals surface area contributed by atoms with Gasteiger partial charge in [-0.05, 0) is 62.4 Å². The molecule has 0 radical (unpaired) electrons. The summed E-state index contributed by atoms with van der Waals surface area (Å²) < 4.78 is 33.8. The van der Waals surface area contributed by atoms with Gasteiger partial charge in [0.05, 0.1) is 17.4 Å². The Kier molecular flexibility index (Phi) is 8.22. The van der Waals surface area contributed by atoms with Crippen LogP contribution in [0, 0.1) is 11.3 Å². The summed E-state index contributed by atoms with van der Waals surface area (Å²) in [5.74, 6) is -0.0383. The van der Waals surface area contributed by atoms with E-state index in [0.717, 1.165) is 40.1 Å². The number of nitrogens with zero attached hydrogens (tertiary/aromatic N) is 3. The van der Waals surface area contributed by atoms with Crippen LogP contribution in [0.4, 0.5) is 0 Å². The molecule has 3 aromatic rings. The summed E-state index contributed by atoms with van der Waals surface area (Å²) in [5.41, 5.74) is 4.12. The van der Waals surface area contributed by atoms with Crippen LogP contribution < -0.4 is 14.8 Å². The molecule has 1 amide bonds. The third-order valence-corrected chi connectivity index (χ3v) is 8.46. The number of rotatable bonds is 9. The summed E-state index contributed by atoms with van der Waals surface area (Å²) in [6.45, 7) is 3.82. The Hall–Kier alpha value is -3.33. The molecule has 1 aliphatic rings. The first-order chi connectivity index (χ1) is 17.7. The van der Waals surface area contributed by atoms with Crippen molar-refractivity contribution in [3.05, 3.63) is 53.1 Å². The highest BCUT2D eigenvalue weighted by Crippen LogP contribution is 2.39. The Labute approximate surface area is 220 Å². The van der Waals surface area contributed by atoms with Crippen molar-refractivity contribution in [2.45, 2.75) is 51.7 Å². The minimum atomic E-state index is -3.63. The lowest BCUT2D eigenvalue weighted by Crippen LogP contribution is -2.34. The Morgan fingerprint density at radius 2 is 2.03 bits per heavy atom. The molecular weight excluding hydrogens is 510 g/mol. The van der Waals surface area contributed by atoms with Gasteiger partial charge in [0.15, 0.2) is 0 Å². The molecule has 0 spiro atoms. The van der Waals surface area contributed by atoms with E-state index in [0.29, 0.717) is 22.7 Å². The lowest BCUT2D eigenvalue weighted by atomic mass is 9.85. The zero-order chi connectivity index (χ0) is 26.6. The molecule has 0 aliphatic heterocycles. The molecule has 11 heteroatoms. The topological polar surface area (TPSA) is 134 Å². The molecule has 4 rings (SSSR count). The molecule has 1 heterocycles. The summed E-state index contributed by atoms with van der Waals surface area (Å²) >= 11 is 1.42. The predicted octanol–water partition coefficient (Wildman–Crippen LogP) is 3.96. The van der Waals surface area contributed by atoms with Crippen molar-refractivity contribution in [1.82, 2.24) is 20.2 Å². The van der Waals surface area contributed by atoms with Crippen molar-refractivity contribution in [2.24, 2.45) is 0 Å². The number of hydrogen-bond acceptors (Lipinski definition) is 8. The summed E-state index contributed by atoms with van der Waals surface area (Å²) in [4.78, 5) is 11.5. The van der Waals surface area contributed by atoms with E-state index >= 15 is 0 Å². The number of aromatic nitrogens is 2. The van der Waals surface area contributed by atoms with Crippen molar-refractivity contribution in [1.29, 1.82) is 5.26 Å². The first-order valence-corrected chi connectivity index (χ1v) is 14.5. The Bertz CT molecular complexity index is 1440. The third kappa shape index (κ3) is 6.33. The number of carbonyl (C=O) groups excluding carboxylic acids is 1. The monoisotopic (exact) mass is 539 g/mol. The van der Waals surface area contributed by atoms with Gasteiger partial charge in [-0.1, -0.05) is 29.5 Å². The number of amides is 1. The second kappa shape index (κ2) is 11.4. The van der Waals surface area contributed by atoms with Gasteiger partial charge in [0.2, 0.25) is 15.9 Å². The Balaban J connectivity index is 1.60. The van der Waals surface area contributed by atoms with Crippen molar-refractivity contribution < 1.29 is 17.9 Å². The number of hydrogen-bond donors (Lipinski definition) is 2. The maximum Gasteiger partial charge on any atom is 0.220 e. The van der Waals surface area contributed by atoms with Crippen LogP contribution in [-0.2, 0) is 21.2 Å². The van der Waals surface area contributed by atoms with E-state index in [-0.39, 0.29) is 30.2 Å². The molecule has 0 unspecified atom stereocenters. The summed E-state index contributed by atoms with van der Waals surface area (Å²) in [5, 5.41) is 22.2. The number of carbonyl (C=O) groups is 1. The van der Waals surface area contributed by atoms with Gasteiger partial charge in [-0.2, -0.15) is 5.26 Å². The van der Waals surface area contributed by atoms with Crippen LogP contribution in [-0.4, -0.2) is 43.4 Å². The average molecular weight is 540 g/mol. The molecule has 1 aliphatic carbocycles. The molecule has 37 heavy (non-hydrogen) atoms. The summed E-state index contributed by atoms with van der Waals surface area (Å²) in [7, 11) is -2.14. The molecule has 9 nitrogen and oxygen atoms in total.